The van der Waals surface area contributed by atoms with Gasteiger partial charge in [0.25, 0.3) is 5.91 Å². The van der Waals surface area contributed by atoms with Crippen LogP contribution >= 0.6 is 0 Å². The van der Waals surface area contributed by atoms with Gasteiger partial charge in [-0.15, -0.1) is 0 Å². The molecule has 4 heterocycles. The molecule has 2 aliphatic heterocycles. The topological polar surface area (TPSA) is 62.2 Å². The molecule has 5 rings (SSSR count). The Kier molecular flexibility index (Phi) is 6.33. The molecule has 1 amide bonds. The van der Waals surface area contributed by atoms with Gasteiger partial charge in [0, 0.05) is 61.3 Å². The van der Waals surface area contributed by atoms with E-state index >= 15 is 0 Å². The van der Waals surface area contributed by atoms with E-state index in [2.05, 4.69) is 47.1 Å². The number of anilines is 1. The number of hydrogen-bond donors (Lipinski definition) is 0. The molecular weight excluding hydrogens is 410 g/mol. The minimum Gasteiger partial charge on any atom is -0.356 e. The van der Waals surface area contributed by atoms with E-state index < -0.39 is 0 Å². The summed E-state index contributed by atoms with van der Waals surface area (Å²) in [7, 11) is 0. The third-order valence-corrected chi connectivity index (χ3v) is 6.88. The van der Waals surface area contributed by atoms with Gasteiger partial charge >= 0.3 is 0 Å². The van der Waals surface area contributed by atoms with Crippen LogP contribution in [-0.2, 0) is 12.8 Å². The molecule has 0 radical (unpaired) electrons. The second-order valence-electron chi connectivity index (χ2n) is 9.12. The molecule has 33 heavy (non-hydrogen) atoms. The summed E-state index contributed by atoms with van der Waals surface area (Å²) in [5.41, 5.74) is 4.43. The van der Waals surface area contributed by atoms with Crippen molar-refractivity contribution in [3.05, 3.63) is 83.1 Å². The summed E-state index contributed by atoms with van der Waals surface area (Å²) in [6, 6.07) is 14.2. The maximum atomic E-state index is 13.0. The van der Waals surface area contributed by atoms with Crippen LogP contribution in [-0.4, -0.2) is 51.9 Å². The molecule has 0 N–H and O–H groups in total. The lowest BCUT2D eigenvalue weighted by Crippen LogP contribution is -2.40. The lowest BCUT2D eigenvalue weighted by Gasteiger charge is -2.34. The van der Waals surface area contributed by atoms with Gasteiger partial charge in [-0.1, -0.05) is 30.3 Å². The Labute approximate surface area is 195 Å². The molecule has 1 atom stereocenters. The Morgan fingerprint density at radius 1 is 1.03 bits per heavy atom. The summed E-state index contributed by atoms with van der Waals surface area (Å²) < 4.78 is 0. The lowest BCUT2D eigenvalue weighted by atomic mass is 9.95. The summed E-state index contributed by atoms with van der Waals surface area (Å²) >= 11 is 0. The van der Waals surface area contributed by atoms with Crippen molar-refractivity contribution in [3.63, 3.8) is 0 Å². The normalized spacial score (nSPS) is 18.2. The van der Waals surface area contributed by atoms with E-state index in [9.17, 15) is 4.79 Å². The molecule has 2 aromatic heterocycles. The number of pyridine rings is 1. The zero-order chi connectivity index (χ0) is 22.6. The first-order valence-corrected chi connectivity index (χ1v) is 12.0. The van der Waals surface area contributed by atoms with Gasteiger partial charge in [-0.2, -0.15) is 0 Å². The Balaban J connectivity index is 1.35. The highest BCUT2D eigenvalue weighted by atomic mass is 16.2. The molecule has 0 aliphatic carbocycles. The second kappa shape index (κ2) is 9.69. The molecular formula is C27H31N5O. The third kappa shape index (κ3) is 4.75. The molecule has 0 bridgehead atoms. The number of nitrogens with zero attached hydrogens (tertiary/aromatic N) is 5. The first-order valence-electron chi connectivity index (χ1n) is 12.0. The van der Waals surface area contributed by atoms with Crippen molar-refractivity contribution in [2.45, 2.75) is 44.9 Å². The van der Waals surface area contributed by atoms with Crippen molar-refractivity contribution >= 4 is 11.7 Å². The van der Waals surface area contributed by atoms with E-state index in [1.54, 1.807) is 24.5 Å². The Morgan fingerprint density at radius 3 is 2.67 bits per heavy atom. The van der Waals surface area contributed by atoms with Crippen molar-refractivity contribution in [1.29, 1.82) is 0 Å². The summed E-state index contributed by atoms with van der Waals surface area (Å²) in [6.07, 6.45) is 8.53. The van der Waals surface area contributed by atoms with Crippen LogP contribution < -0.4 is 4.90 Å². The maximum absolute atomic E-state index is 13.0. The molecule has 1 saturated heterocycles. The first kappa shape index (κ1) is 21.6. The van der Waals surface area contributed by atoms with Crippen LogP contribution in [0.25, 0.3) is 0 Å². The predicted molar refractivity (Wildman–Crippen MR) is 130 cm³/mol. The monoisotopic (exact) mass is 441 g/mol. The number of aryl methyl sites for hydroxylation is 1. The molecule has 1 aromatic carbocycles. The number of benzene rings is 1. The van der Waals surface area contributed by atoms with Crippen molar-refractivity contribution in [1.82, 2.24) is 19.9 Å². The van der Waals surface area contributed by atoms with Crippen LogP contribution in [0, 0.1) is 6.92 Å². The van der Waals surface area contributed by atoms with Crippen LogP contribution in [0.5, 0.6) is 0 Å². The first-order chi connectivity index (χ1) is 16.2. The van der Waals surface area contributed by atoms with Crippen LogP contribution in [0.15, 0.2) is 54.9 Å². The number of carbonyl (C=O) groups excluding carboxylic acids is 1. The molecule has 0 saturated carbocycles. The van der Waals surface area contributed by atoms with E-state index in [4.69, 9.17) is 9.97 Å². The van der Waals surface area contributed by atoms with Gasteiger partial charge in [0.15, 0.2) is 0 Å². The number of amides is 1. The zero-order valence-electron chi connectivity index (χ0n) is 19.3. The SMILES string of the molecule is Cc1nc(C2CCCN(C(=O)c3ccncc3)C2)nc2c1CCCN2CCc1ccccc1. The van der Waals surface area contributed by atoms with Gasteiger partial charge in [0.05, 0.1) is 0 Å². The van der Waals surface area contributed by atoms with Crippen LogP contribution in [0.3, 0.4) is 0 Å². The van der Waals surface area contributed by atoms with E-state index in [1.807, 2.05) is 4.90 Å². The van der Waals surface area contributed by atoms with Gasteiger partial charge in [-0.25, -0.2) is 9.97 Å². The van der Waals surface area contributed by atoms with E-state index in [-0.39, 0.29) is 11.8 Å². The standard InChI is InChI=1S/C27H31N5O/c1-20-24-10-6-16-31(18-13-21-7-3-2-4-8-21)26(24)30-25(29-20)23-9-5-17-32(19-23)27(33)22-11-14-28-15-12-22/h2-4,7-8,11-12,14-15,23H,5-6,9-10,13,16-19H2,1H3. The van der Waals surface area contributed by atoms with Crippen LogP contribution in [0.4, 0.5) is 5.82 Å². The number of likely N-dealkylation sites (tertiary alicyclic amines) is 1. The number of fused-ring (bicyclic) bond motifs is 1. The van der Waals surface area contributed by atoms with Gasteiger partial charge in [-0.05, 0) is 56.7 Å². The molecule has 2 aliphatic rings. The summed E-state index contributed by atoms with van der Waals surface area (Å²) in [5, 5.41) is 0. The van der Waals surface area contributed by atoms with Gasteiger partial charge in [0.2, 0.25) is 0 Å². The van der Waals surface area contributed by atoms with Crippen LogP contribution in [0.2, 0.25) is 0 Å². The molecule has 6 heteroatoms. The van der Waals surface area contributed by atoms with Crippen molar-refractivity contribution < 1.29 is 4.79 Å². The summed E-state index contributed by atoms with van der Waals surface area (Å²) in [5.74, 6) is 2.25. The van der Waals surface area contributed by atoms with E-state index in [0.717, 1.165) is 69.1 Å². The fourth-order valence-electron chi connectivity index (χ4n) is 5.07. The van der Waals surface area contributed by atoms with Crippen molar-refractivity contribution in [2.24, 2.45) is 0 Å². The van der Waals surface area contributed by atoms with Crippen molar-refractivity contribution in [2.75, 3.05) is 31.1 Å². The van der Waals surface area contributed by atoms with Gasteiger partial charge in [0.1, 0.15) is 11.6 Å². The summed E-state index contributed by atoms with van der Waals surface area (Å²) in [4.78, 5) is 31.5. The highest BCUT2D eigenvalue weighted by Crippen LogP contribution is 2.32. The fraction of sp³-hybridized carbons (Fsp3) is 0.407. The molecule has 6 nitrogen and oxygen atoms in total. The Morgan fingerprint density at radius 2 is 1.85 bits per heavy atom. The van der Waals surface area contributed by atoms with E-state index in [0.29, 0.717) is 12.1 Å². The maximum Gasteiger partial charge on any atom is 0.253 e. The molecule has 1 unspecified atom stereocenters. The zero-order valence-corrected chi connectivity index (χ0v) is 19.3. The fourth-order valence-corrected chi connectivity index (χ4v) is 5.07. The number of carbonyl (C=O) groups is 1. The average molecular weight is 442 g/mol. The van der Waals surface area contributed by atoms with Gasteiger partial charge in [-0.3, -0.25) is 9.78 Å². The van der Waals surface area contributed by atoms with Crippen molar-refractivity contribution in [3.8, 4) is 0 Å². The third-order valence-electron chi connectivity index (χ3n) is 6.88. The highest BCUT2D eigenvalue weighted by Gasteiger charge is 2.29. The van der Waals surface area contributed by atoms with Crippen LogP contribution in [0.1, 0.15) is 58.2 Å². The number of piperidine rings is 1. The summed E-state index contributed by atoms with van der Waals surface area (Å²) in [6.45, 7) is 5.57. The average Bonchev–Trinajstić information content (AvgIpc) is 2.88. The molecule has 0 spiro atoms. The quantitative estimate of drug-likeness (QED) is 0.594. The Hall–Kier alpha value is -3.28. The largest absolute Gasteiger partial charge is 0.356 e. The minimum absolute atomic E-state index is 0.0706. The second-order valence-corrected chi connectivity index (χ2v) is 9.12. The number of aromatic nitrogens is 3. The Bertz CT molecular complexity index is 1100. The number of hydrogen-bond acceptors (Lipinski definition) is 5. The highest BCUT2D eigenvalue weighted by molar-refractivity contribution is 5.94. The molecule has 170 valence electrons. The minimum atomic E-state index is 0.0706. The predicted octanol–water partition coefficient (Wildman–Crippen LogP) is 4.20. The molecule has 1 fully saturated rings. The number of rotatable bonds is 5. The van der Waals surface area contributed by atoms with Gasteiger partial charge < -0.3 is 9.80 Å². The lowest BCUT2D eigenvalue weighted by molar-refractivity contribution is 0.0704. The smallest absolute Gasteiger partial charge is 0.253 e. The molecule has 3 aromatic rings. The van der Waals surface area contributed by atoms with E-state index in [1.165, 1.54) is 11.1 Å².